The van der Waals surface area contributed by atoms with Gasteiger partial charge in [0.15, 0.2) is 17.4 Å². The molecule has 0 saturated heterocycles. The Morgan fingerprint density at radius 3 is 2.43 bits per heavy atom. The summed E-state index contributed by atoms with van der Waals surface area (Å²) in [5.41, 5.74) is -0.858. The molecular formula is C13H14F3NO4. The predicted octanol–water partition coefficient (Wildman–Crippen LogP) is 1.83. The fourth-order valence-electron chi connectivity index (χ4n) is 1.66. The molecule has 0 saturated carbocycles. The number of nitrogens with zero attached hydrogens (tertiary/aromatic N) is 1. The number of ether oxygens (including phenoxy) is 1. The number of aromatic hydroxyl groups is 1. The van der Waals surface area contributed by atoms with E-state index in [0.29, 0.717) is 12.5 Å². The number of carbonyl (C=O) groups is 2. The van der Waals surface area contributed by atoms with E-state index in [1.54, 1.807) is 6.92 Å². The van der Waals surface area contributed by atoms with E-state index in [4.69, 9.17) is 5.11 Å². The van der Waals surface area contributed by atoms with E-state index in [1.807, 2.05) is 0 Å². The van der Waals surface area contributed by atoms with E-state index in [9.17, 15) is 22.8 Å². The number of phenols is 1. The lowest BCUT2D eigenvalue weighted by Gasteiger charge is -2.21. The van der Waals surface area contributed by atoms with Gasteiger partial charge in [0.1, 0.15) is 6.54 Å². The van der Waals surface area contributed by atoms with E-state index in [1.165, 1.54) is 0 Å². The molecule has 21 heavy (non-hydrogen) atoms. The number of carbonyl (C=O) groups excluding carboxylic acids is 2. The van der Waals surface area contributed by atoms with E-state index in [0.717, 1.165) is 12.0 Å². The largest absolute Gasteiger partial charge is 0.503 e. The van der Waals surface area contributed by atoms with Gasteiger partial charge in [0.05, 0.1) is 12.7 Å². The fourth-order valence-corrected chi connectivity index (χ4v) is 1.66. The highest BCUT2D eigenvalue weighted by Crippen LogP contribution is 2.26. The summed E-state index contributed by atoms with van der Waals surface area (Å²) in [6.45, 7) is 1.31. The number of amides is 1. The number of hydrogen-bond donors (Lipinski definition) is 1. The lowest BCUT2D eigenvalue weighted by atomic mass is 10.1. The highest BCUT2D eigenvalue weighted by Gasteiger charge is 2.26. The zero-order valence-corrected chi connectivity index (χ0v) is 11.5. The molecule has 1 amide bonds. The second kappa shape index (κ2) is 6.96. The molecule has 0 aliphatic heterocycles. The molecule has 116 valence electrons. The van der Waals surface area contributed by atoms with Crippen molar-refractivity contribution in [1.82, 2.24) is 4.90 Å². The van der Waals surface area contributed by atoms with Crippen LogP contribution in [0.25, 0.3) is 0 Å². The monoisotopic (exact) mass is 305 g/mol. The predicted molar refractivity (Wildman–Crippen MR) is 66.2 cm³/mol. The molecule has 0 unspecified atom stereocenters. The third-order valence-corrected chi connectivity index (χ3v) is 2.69. The van der Waals surface area contributed by atoms with Crippen LogP contribution in [0.15, 0.2) is 6.07 Å². The van der Waals surface area contributed by atoms with E-state index in [2.05, 4.69) is 4.74 Å². The molecule has 0 aliphatic carbocycles. The van der Waals surface area contributed by atoms with Gasteiger partial charge < -0.3 is 14.7 Å². The summed E-state index contributed by atoms with van der Waals surface area (Å²) < 4.78 is 44.3. The van der Waals surface area contributed by atoms with Crippen molar-refractivity contribution in [2.24, 2.45) is 0 Å². The highest BCUT2D eigenvalue weighted by atomic mass is 19.2. The Kier molecular flexibility index (Phi) is 5.57. The normalized spacial score (nSPS) is 10.3. The first-order chi connectivity index (χ1) is 9.83. The van der Waals surface area contributed by atoms with Gasteiger partial charge in [-0.2, -0.15) is 4.39 Å². The molecule has 0 atom stereocenters. The average Bonchev–Trinajstić information content (AvgIpc) is 2.47. The SMILES string of the molecule is CCCN(CC(=O)OC)C(=O)c1cc(F)c(F)c(O)c1F. The maximum Gasteiger partial charge on any atom is 0.325 e. The van der Waals surface area contributed by atoms with Crippen molar-refractivity contribution in [3.05, 3.63) is 29.1 Å². The van der Waals surface area contributed by atoms with Gasteiger partial charge in [0.2, 0.25) is 5.82 Å². The first-order valence-electron chi connectivity index (χ1n) is 6.06. The summed E-state index contributed by atoms with van der Waals surface area (Å²) in [5, 5.41) is 9.10. The Morgan fingerprint density at radius 1 is 1.29 bits per heavy atom. The molecule has 0 aromatic heterocycles. The van der Waals surface area contributed by atoms with Crippen molar-refractivity contribution < 1.29 is 32.6 Å². The summed E-state index contributed by atoms with van der Waals surface area (Å²) in [6.07, 6.45) is 0.444. The quantitative estimate of drug-likeness (QED) is 0.666. The fraction of sp³-hybridized carbons (Fsp3) is 0.385. The Labute approximate surface area is 118 Å². The Hall–Kier alpha value is -2.25. The number of benzene rings is 1. The van der Waals surface area contributed by atoms with Crippen LogP contribution < -0.4 is 0 Å². The van der Waals surface area contributed by atoms with Gasteiger partial charge in [-0.05, 0) is 12.5 Å². The van der Waals surface area contributed by atoms with Crippen LogP contribution in [-0.4, -0.2) is 42.1 Å². The van der Waals surface area contributed by atoms with Crippen LogP contribution in [-0.2, 0) is 9.53 Å². The van der Waals surface area contributed by atoms with Crippen molar-refractivity contribution in [3.63, 3.8) is 0 Å². The first-order valence-corrected chi connectivity index (χ1v) is 6.06. The summed E-state index contributed by atoms with van der Waals surface area (Å²) in [7, 11) is 1.11. The van der Waals surface area contributed by atoms with Crippen LogP contribution >= 0.6 is 0 Å². The summed E-state index contributed by atoms with van der Waals surface area (Å²) in [4.78, 5) is 24.2. The van der Waals surface area contributed by atoms with Crippen molar-refractivity contribution in [2.75, 3.05) is 20.2 Å². The van der Waals surface area contributed by atoms with Crippen LogP contribution in [0.2, 0.25) is 0 Å². The third kappa shape index (κ3) is 3.65. The summed E-state index contributed by atoms with van der Waals surface area (Å²) in [5.74, 6) is -8.29. The Bertz CT molecular complexity index is 563. The number of hydrogen-bond acceptors (Lipinski definition) is 4. The molecule has 0 bridgehead atoms. The summed E-state index contributed by atoms with van der Waals surface area (Å²) >= 11 is 0. The average molecular weight is 305 g/mol. The molecule has 5 nitrogen and oxygen atoms in total. The van der Waals surface area contributed by atoms with Gasteiger partial charge in [0.25, 0.3) is 5.91 Å². The molecule has 1 N–H and O–H groups in total. The molecular weight excluding hydrogens is 291 g/mol. The van der Waals surface area contributed by atoms with Gasteiger partial charge >= 0.3 is 5.97 Å². The third-order valence-electron chi connectivity index (χ3n) is 2.69. The van der Waals surface area contributed by atoms with Crippen molar-refractivity contribution in [2.45, 2.75) is 13.3 Å². The van der Waals surface area contributed by atoms with Gasteiger partial charge in [-0.15, -0.1) is 0 Å². The second-order valence-corrected chi connectivity index (χ2v) is 4.19. The standard InChI is InChI=1S/C13H14F3NO4/c1-3-4-17(6-9(18)21-2)13(20)7-5-8(14)11(16)12(19)10(7)15/h5,19H,3-4,6H2,1-2H3. The molecule has 1 aromatic rings. The number of phenolic OH excluding ortho intramolecular Hbond substituents is 1. The maximum atomic E-state index is 13.7. The zero-order valence-electron chi connectivity index (χ0n) is 11.5. The molecule has 1 rings (SSSR count). The topological polar surface area (TPSA) is 66.8 Å². The lowest BCUT2D eigenvalue weighted by Crippen LogP contribution is -2.37. The van der Waals surface area contributed by atoms with Crippen LogP contribution in [0, 0.1) is 17.5 Å². The lowest BCUT2D eigenvalue weighted by molar-refractivity contribution is -0.141. The first kappa shape index (κ1) is 16.8. The second-order valence-electron chi connectivity index (χ2n) is 4.19. The van der Waals surface area contributed by atoms with Crippen molar-refractivity contribution >= 4 is 11.9 Å². The minimum Gasteiger partial charge on any atom is -0.503 e. The van der Waals surface area contributed by atoms with Crippen LogP contribution in [0.1, 0.15) is 23.7 Å². The number of esters is 1. The van der Waals surface area contributed by atoms with Crippen molar-refractivity contribution in [1.29, 1.82) is 0 Å². The van der Waals surface area contributed by atoms with E-state index in [-0.39, 0.29) is 6.54 Å². The Morgan fingerprint density at radius 2 is 1.90 bits per heavy atom. The maximum absolute atomic E-state index is 13.7. The van der Waals surface area contributed by atoms with Gasteiger partial charge in [-0.1, -0.05) is 6.92 Å². The van der Waals surface area contributed by atoms with Crippen molar-refractivity contribution in [3.8, 4) is 5.75 Å². The van der Waals surface area contributed by atoms with Gasteiger partial charge in [-0.3, -0.25) is 9.59 Å². The van der Waals surface area contributed by atoms with Crippen LogP contribution in [0.3, 0.4) is 0 Å². The Balaban J connectivity index is 3.18. The van der Waals surface area contributed by atoms with Crippen LogP contribution in [0.4, 0.5) is 13.2 Å². The zero-order chi connectivity index (χ0) is 16.2. The highest BCUT2D eigenvalue weighted by molar-refractivity contribution is 5.96. The van der Waals surface area contributed by atoms with E-state index >= 15 is 0 Å². The van der Waals surface area contributed by atoms with Gasteiger partial charge in [-0.25, -0.2) is 8.78 Å². The number of rotatable bonds is 5. The molecule has 0 fully saturated rings. The molecule has 0 radical (unpaired) electrons. The molecule has 0 spiro atoms. The smallest absolute Gasteiger partial charge is 0.325 e. The minimum atomic E-state index is -1.78. The van der Waals surface area contributed by atoms with Gasteiger partial charge in [0, 0.05) is 6.54 Å². The summed E-state index contributed by atoms with van der Waals surface area (Å²) in [6, 6.07) is 0.340. The molecule has 0 aliphatic rings. The molecule has 8 heteroatoms. The minimum absolute atomic E-state index is 0.0765. The van der Waals surface area contributed by atoms with E-state index < -0.39 is 47.2 Å². The molecule has 0 heterocycles. The number of halogens is 3. The number of methoxy groups -OCH3 is 1. The van der Waals surface area contributed by atoms with Crippen LogP contribution in [0.5, 0.6) is 5.75 Å². The molecule has 1 aromatic carbocycles.